The fourth-order valence-electron chi connectivity index (χ4n) is 6.66. The Bertz CT molecular complexity index is 1750. The average Bonchev–Trinajstić information content (AvgIpc) is 2.98. The number of amides is 1. The number of likely N-dealkylation sites (tertiary alicyclic amines) is 1. The summed E-state index contributed by atoms with van der Waals surface area (Å²) in [6.45, 7) is 15.1. The Balaban J connectivity index is 1.71. The van der Waals surface area contributed by atoms with Crippen LogP contribution in [0.15, 0.2) is 40.2 Å². The predicted octanol–water partition coefficient (Wildman–Crippen LogP) is 6.65. The van der Waals surface area contributed by atoms with Crippen LogP contribution < -0.4 is 5.56 Å². The highest BCUT2D eigenvalue weighted by Crippen LogP contribution is 2.34. The van der Waals surface area contributed by atoms with Crippen LogP contribution in [0.1, 0.15) is 77.6 Å². The molecule has 1 aliphatic heterocycles. The summed E-state index contributed by atoms with van der Waals surface area (Å²) in [7, 11) is 1.66. The van der Waals surface area contributed by atoms with Gasteiger partial charge in [-0.3, -0.25) is 19.3 Å². The molecule has 8 nitrogen and oxygen atoms in total. The maximum atomic E-state index is 15.7. The van der Waals surface area contributed by atoms with Crippen molar-refractivity contribution in [3.05, 3.63) is 91.4 Å². The van der Waals surface area contributed by atoms with Crippen LogP contribution in [-0.2, 0) is 20.7 Å². The van der Waals surface area contributed by atoms with Gasteiger partial charge in [-0.05, 0) is 110 Å². The second-order valence-corrected chi connectivity index (χ2v) is 13.6. The van der Waals surface area contributed by atoms with Crippen molar-refractivity contribution < 1.29 is 28.2 Å². The zero-order chi connectivity index (χ0) is 35.4. The van der Waals surface area contributed by atoms with Gasteiger partial charge in [0, 0.05) is 45.1 Å². The number of nitrogens with zero attached hydrogens (tertiary/aromatic N) is 3. The minimum absolute atomic E-state index is 0.0616. The second kappa shape index (κ2) is 15.5. The Kier molecular flexibility index (Phi) is 11.9. The van der Waals surface area contributed by atoms with Crippen molar-refractivity contribution >= 4 is 18.1 Å². The first-order valence-electron chi connectivity index (χ1n) is 16.4. The van der Waals surface area contributed by atoms with Gasteiger partial charge in [0.25, 0.3) is 11.5 Å². The van der Waals surface area contributed by atoms with Crippen molar-refractivity contribution in [3.63, 3.8) is 0 Å². The Morgan fingerprint density at radius 2 is 1.67 bits per heavy atom. The number of aromatic nitrogens is 1. The van der Waals surface area contributed by atoms with E-state index in [9.17, 15) is 19.5 Å². The summed E-state index contributed by atoms with van der Waals surface area (Å²) in [5.74, 6) is -4.57. The maximum absolute atomic E-state index is 15.7. The fourth-order valence-corrected chi connectivity index (χ4v) is 6.66. The third-order valence-electron chi connectivity index (χ3n) is 9.22. The number of halogens is 2. The molecule has 0 spiro atoms. The number of aliphatic carboxylic acids is 1. The molecule has 2 atom stereocenters. The molecule has 2 aromatic carbocycles. The van der Waals surface area contributed by atoms with Crippen molar-refractivity contribution in [3.8, 4) is 11.1 Å². The van der Waals surface area contributed by atoms with Crippen molar-refractivity contribution in [2.45, 2.75) is 85.8 Å². The van der Waals surface area contributed by atoms with E-state index in [1.165, 1.54) is 0 Å². The first-order chi connectivity index (χ1) is 22.6. The molecule has 1 N–H and O–H groups in total. The number of carbonyl (C=O) groups is 2. The molecule has 1 aliphatic rings. The van der Waals surface area contributed by atoms with Crippen LogP contribution in [0, 0.1) is 52.2 Å². The molecule has 0 saturated carbocycles. The normalized spacial score (nSPS) is 15.2. The van der Waals surface area contributed by atoms with Gasteiger partial charge in [-0.2, -0.15) is 0 Å². The lowest BCUT2D eigenvalue weighted by Gasteiger charge is -2.38. The number of methoxy groups -OCH3 is 1. The van der Waals surface area contributed by atoms with Gasteiger partial charge in [0.15, 0.2) is 5.82 Å². The SMILES string of the molecule is COC1CN(CCc2cn(C(CC(C)C)C(=O)/N=C/C(CC(=O)O)c3cc(-c4c(C)cc(C)cc4C)cc(C)c3F)c(=O)c(F)c2C)C1. The molecule has 3 aromatic rings. The lowest BCUT2D eigenvalue weighted by atomic mass is 9.87. The first kappa shape index (κ1) is 36.8. The van der Waals surface area contributed by atoms with Gasteiger partial charge in [-0.15, -0.1) is 0 Å². The molecule has 1 saturated heterocycles. The number of benzene rings is 2. The molecule has 2 unspecified atom stereocenters. The van der Waals surface area contributed by atoms with Gasteiger partial charge >= 0.3 is 5.97 Å². The number of hydrogen-bond acceptors (Lipinski definition) is 5. The summed E-state index contributed by atoms with van der Waals surface area (Å²) in [5.41, 5.74) is 5.11. The van der Waals surface area contributed by atoms with E-state index in [2.05, 4.69) is 9.89 Å². The Morgan fingerprint density at radius 1 is 1.02 bits per heavy atom. The van der Waals surface area contributed by atoms with E-state index in [0.717, 1.165) is 51.7 Å². The highest BCUT2D eigenvalue weighted by Gasteiger charge is 2.29. The van der Waals surface area contributed by atoms with Crippen molar-refractivity contribution in [1.82, 2.24) is 9.47 Å². The highest BCUT2D eigenvalue weighted by molar-refractivity contribution is 5.91. The number of rotatable bonds is 13. The summed E-state index contributed by atoms with van der Waals surface area (Å²) < 4.78 is 37.5. The minimum Gasteiger partial charge on any atom is -0.481 e. The lowest BCUT2D eigenvalue weighted by Crippen LogP contribution is -2.52. The van der Waals surface area contributed by atoms with Crippen LogP contribution in [0.5, 0.6) is 0 Å². The molecule has 4 rings (SSSR count). The third kappa shape index (κ3) is 8.33. The third-order valence-corrected chi connectivity index (χ3v) is 9.22. The van der Waals surface area contributed by atoms with Gasteiger partial charge in [-0.1, -0.05) is 31.5 Å². The van der Waals surface area contributed by atoms with Gasteiger partial charge in [0.05, 0.1) is 12.5 Å². The van der Waals surface area contributed by atoms with Crippen LogP contribution in [-0.4, -0.2) is 65.5 Å². The van der Waals surface area contributed by atoms with E-state index in [1.807, 2.05) is 46.8 Å². The van der Waals surface area contributed by atoms with Crippen LogP contribution >= 0.6 is 0 Å². The van der Waals surface area contributed by atoms with E-state index >= 15 is 8.78 Å². The van der Waals surface area contributed by atoms with Gasteiger partial charge < -0.3 is 14.4 Å². The predicted molar refractivity (Wildman–Crippen MR) is 184 cm³/mol. The van der Waals surface area contributed by atoms with Crippen molar-refractivity contribution in [2.75, 3.05) is 26.7 Å². The number of carbonyl (C=O) groups excluding carboxylic acids is 1. The van der Waals surface area contributed by atoms with E-state index < -0.39 is 47.5 Å². The standard InChI is InChI=1S/C38H47F2N3O5/c1-21(2)11-32(43-18-27(26(7)36(40)38(43)47)9-10-42-19-30(20-42)48-8)37(46)41-17-29(16-33(44)45)31-15-28(14-25(6)35(31)39)34-23(4)12-22(3)13-24(34)5/h12-15,17-18,21,29-30,32H,9-11,16,19-20H2,1-8H3,(H,44,45)/b41-17+. The molecule has 2 heterocycles. The largest absolute Gasteiger partial charge is 0.481 e. The number of pyridine rings is 1. The monoisotopic (exact) mass is 663 g/mol. The summed E-state index contributed by atoms with van der Waals surface area (Å²) in [4.78, 5) is 45.3. The molecule has 0 radical (unpaired) electrons. The quantitative estimate of drug-likeness (QED) is 0.206. The Morgan fingerprint density at radius 3 is 2.25 bits per heavy atom. The van der Waals surface area contributed by atoms with E-state index in [0.29, 0.717) is 24.1 Å². The van der Waals surface area contributed by atoms with Crippen LogP contribution in [0.3, 0.4) is 0 Å². The van der Waals surface area contributed by atoms with Gasteiger partial charge in [-0.25, -0.2) is 13.8 Å². The molecule has 1 aromatic heterocycles. The Labute approximate surface area is 281 Å². The molecule has 1 fully saturated rings. The molecule has 1 amide bonds. The molecule has 0 aliphatic carbocycles. The summed E-state index contributed by atoms with van der Waals surface area (Å²) >= 11 is 0. The molecule has 258 valence electrons. The topological polar surface area (TPSA) is 101 Å². The minimum atomic E-state index is -1.19. The fraction of sp³-hybridized carbons (Fsp3) is 0.474. The second-order valence-electron chi connectivity index (χ2n) is 13.6. The number of ether oxygens (including phenoxy) is 1. The van der Waals surface area contributed by atoms with Crippen LogP contribution in [0.2, 0.25) is 0 Å². The van der Waals surface area contributed by atoms with Gasteiger partial charge in [0.2, 0.25) is 0 Å². The molecular formula is C38H47F2N3O5. The number of aryl methyl sites for hydroxylation is 4. The van der Waals surface area contributed by atoms with E-state index in [4.69, 9.17) is 4.74 Å². The number of hydrogen-bond donors (Lipinski definition) is 1. The van der Waals surface area contributed by atoms with Crippen molar-refractivity contribution in [2.24, 2.45) is 10.9 Å². The zero-order valence-corrected chi connectivity index (χ0v) is 29.2. The van der Waals surface area contributed by atoms with Crippen LogP contribution in [0.4, 0.5) is 8.78 Å². The summed E-state index contributed by atoms with van der Waals surface area (Å²) in [5, 5.41) is 9.78. The van der Waals surface area contributed by atoms with Crippen molar-refractivity contribution in [1.29, 1.82) is 0 Å². The molecule has 0 bridgehead atoms. The molecule has 10 heteroatoms. The van der Waals surface area contributed by atoms with E-state index in [-0.39, 0.29) is 29.6 Å². The molecular weight excluding hydrogens is 616 g/mol. The Hall–Kier alpha value is -4.02. The summed E-state index contributed by atoms with van der Waals surface area (Å²) in [6, 6.07) is 6.30. The summed E-state index contributed by atoms with van der Waals surface area (Å²) in [6.07, 6.45) is 3.03. The average molecular weight is 664 g/mol. The van der Waals surface area contributed by atoms with E-state index in [1.54, 1.807) is 39.3 Å². The lowest BCUT2D eigenvalue weighted by molar-refractivity contribution is -0.137. The molecule has 48 heavy (non-hydrogen) atoms. The number of carboxylic acids is 1. The van der Waals surface area contributed by atoms with Crippen LogP contribution in [0.25, 0.3) is 11.1 Å². The number of carboxylic acid groups (broad SMARTS) is 1. The smallest absolute Gasteiger partial charge is 0.304 e. The first-order valence-corrected chi connectivity index (χ1v) is 16.4. The highest BCUT2D eigenvalue weighted by atomic mass is 19.1. The number of aliphatic imine (C=N–C) groups is 1. The zero-order valence-electron chi connectivity index (χ0n) is 29.2. The maximum Gasteiger partial charge on any atom is 0.304 e. The van der Waals surface area contributed by atoms with Gasteiger partial charge in [0.1, 0.15) is 11.9 Å².